The second-order valence-corrected chi connectivity index (χ2v) is 8.20. The molecule has 1 aromatic heterocycles. The molecular formula is C23H27ClF4N4O4. The SMILES string of the molecule is CCCCN(CC)c1cc(C)nc2c1NC(=O)CN2c1cc(F)c(OC)cc1Cl.O=C(O)C(F)(F)F. The van der Waals surface area contributed by atoms with Gasteiger partial charge in [0.2, 0.25) is 5.91 Å². The van der Waals surface area contributed by atoms with Gasteiger partial charge in [0.05, 0.1) is 23.5 Å². The summed E-state index contributed by atoms with van der Waals surface area (Å²) in [6.45, 7) is 7.79. The Bertz CT molecular complexity index is 1110. The minimum Gasteiger partial charge on any atom is -0.494 e. The van der Waals surface area contributed by atoms with E-state index in [4.69, 9.17) is 26.2 Å². The van der Waals surface area contributed by atoms with Gasteiger partial charge >= 0.3 is 12.1 Å². The number of aromatic nitrogens is 1. The number of anilines is 4. The summed E-state index contributed by atoms with van der Waals surface area (Å²) < 4.78 is 51.1. The highest BCUT2D eigenvalue weighted by atomic mass is 35.5. The van der Waals surface area contributed by atoms with E-state index in [2.05, 4.69) is 29.0 Å². The van der Waals surface area contributed by atoms with Gasteiger partial charge in [-0.05, 0) is 26.3 Å². The Labute approximate surface area is 210 Å². The molecule has 2 N–H and O–H groups in total. The second-order valence-electron chi connectivity index (χ2n) is 7.79. The molecule has 3 rings (SSSR count). The number of aryl methyl sites for hydroxylation is 1. The number of hydrogen-bond acceptors (Lipinski definition) is 6. The zero-order chi connectivity index (χ0) is 27.2. The number of aliphatic carboxylic acids is 1. The number of hydrogen-bond donors (Lipinski definition) is 2. The molecule has 1 aliphatic rings. The van der Waals surface area contributed by atoms with Gasteiger partial charge in [-0.15, -0.1) is 0 Å². The summed E-state index contributed by atoms with van der Waals surface area (Å²) >= 11 is 6.41. The molecule has 0 saturated heterocycles. The lowest BCUT2D eigenvalue weighted by Gasteiger charge is -2.34. The average Bonchev–Trinajstić information content (AvgIpc) is 2.80. The summed E-state index contributed by atoms with van der Waals surface area (Å²) in [7, 11) is 1.38. The molecule has 1 amide bonds. The van der Waals surface area contributed by atoms with Crippen molar-refractivity contribution >= 4 is 46.4 Å². The number of methoxy groups -OCH3 is 1. The summed E-state index contributed by atoms with van der Waals surface area (Å²) in [6.07, 6.45) is -2.97. The third-order valence-electron chi connectivity index (χ3n) is 5.19. The Balaban J connectivity index is 0.000000572. The first kappa shape index (κ1) is 29.0. The average molecular weight is 535 g/mol. The minimum atomic E-state index is -5.08. The molecule has 8 nitrogen and oxygen atoms in total. The number of alkyl halides is 3. The van der Waals surface area contributed by atoms with Gasteiger partial charge in [-0.25, -0.2) is 14.2 Å². The molecule has 1 aromatic carbocycles. The molecule has 0 fully saturated rings. The predicted octanol–water partition coefficient (Wildman–Crippen LogP) is 5.54. The lowest BCUT2D eigenvalue weighted by Crippen LogP contribution is -2.37. The van der Waals surface area contributed by atoms with Gasteiger partial charge in [0.1, 0.15) is 12.2 Å². The Kier molecular flexibility index (Phi) is 9.74. The number of amides is 1. The fourth-order valence-electron chi connectivity index (χ4n) is 3.48. The molecule has 0 radical (unpaired) electrons. The van der Waals surface area contributed by atoms with Gasteiger partial charge < -0.3 is 25.0 Å². The molecule has 13 heteroatoms. The summed E-state index contributed by atoms with van der Waals surface area (Å²) in [4.78, 5) is 30.0. The van der Waals surface area contributed by atoms with Crippen LogP contribution in [-0.4, -0.2) is 54.9 Å². The maximum absolute atomic E-state index is 14.4. The van der Waals surface area contributed by atoms with Gasteiger partial charge in [-0.2, -0.15) is 13.2 Å². The van der Waals surface area contributed by atoms with Crippen LogP contribution in [0.5, 0.6) is 5.75 Å². The van der Waals surface area contributed by atoms with Gasteiger partial charge in [0.15, 0.2) is 17.4 Å². The second kappa shape index (κ2) is 12.1. The third kappa shape index (κ3) is 6.90. The van der Waals surface area contributed by atoms with Crippen LogP contribution in [0.3, 0.4) is 0 Å². The molecular weight excluding hydrogens is 508 g/mol. The Hall–Kier alpha value is -3.28. The fraction of sp³-hybridized carbons (Fsp3) is 0.435. The highest BCUT2D eigenvalue weighted by molar-refractivity contribution is 6.33. The van der Waals surface area contributed by atoms with Crippen LogP contribution in [-0.2, 0) is 9.59 Å². The van der Waals surface area contributed by atoms with Crippen LogP contribution in [0.1, 0.15) is 32.4 Å². The number of nitrogens with zero attached hydrogens (tertiary/aromatic N) is 3. The van der Waals surface area contributed by atoms with E-state index in [1.54, 1.807) is 4.90 Å². The topological polar surface area (TPSA) is 95.0 Å². The van der Waals surface area contributed by atoms with E-state index in [9.17, 15) is 22.4 Å². The van der Waals surface area contributed by atoms with Crippen molar-refractivity contribution in [3.05, 3.63) is 34.7 Å². The van der Waals surface area contributed by atoms with Crippen LogP contribution in [0.4, 0.5) is 40.4 Å². The van der Waals surface area contributed by atoms with Gasteiger partial charge in [-0.1, -0.05) is 24.9 Å². The first-order valence-electron chi connectivity index (χ1n) is 11.0. The molecule has 0 atom stereocenters. The highest BCUT2D eigenvalue weighted by Gasteiger charge is 2.38. The van der Waals surface area contributed by atoms with Crippen molar-refractivity contribution in [3.63, 3.8) is 0 Å². The van der Waals surface area contributed by atoms with E-state index in [0.717, 1.165) is 37.3 Å². The number of fused-ring (bicyclic) bond motifs is 1. The smallest absolute Gasteiger partial charge is 0.490 e. The van der Waals surface area contributed by atoms with E-state index in [1.165, 1.54) is 19.2 Å². The Morgan fingerprint density at radius 1 is 1.31 bits per heavy atom. The van der Waals surface area contributed by atoms with E-state index in [-0.39, 0.29) is 23.2 Å². The standard InChI is InChI=1S/C21H26ClFN4O2.C2HF3O2/c1-5-7-8-26(6-2)17-9-13(3)24-21-20(17)25-19(28)12-27(21)16-11-15(23)18(29-4)10-14(16)22;3-2(4,5)1(6)7/h9-11H,5-8,12H2,1-4H3,(H,25,28);(H,6,7). The van der Waals surface area contributed by atoms with Gasteiger partial charge in [-0.3, -0.25) is 4.79 Å². The number of carboxylic acids is 1. The van der Waals surface area contributed by atoms with E-state index < -0.39 is 18.0 Å². The summed E-state index contributed by atoms with van der Waals surface area (Å²) in [5, 5.41) is 10.4. The molecule has 2 heterocycles. The van der Waals surface area contributed by atoms with Crippen LogP contribution in [0, 0.1) is 12.7 Å². The van der Waals surface area contributed by atoms with E-state index in [1.807, 2.05) is 13.0 Å². The number of carboxylic acid groups (broad SMARTS) is 1. The number of rotatable bonds is 7. The lowest BCUT2D eigenvalue weighted by molar-refractivity contribution is -0.192. The molecule has 0 aliphatic carbocycles. The van der Waals surface area contributed by atoms with Crippen LogP contribution in [0.15, 0.2) is 18.2 Å². The van der Waals surface area contributed by atoms with E-state index in [0.29, 0.717) is 17.2 Å². The quantitative estimate of drug-likeness (QED) is 0.450. The van der Waals surface area contributed by atoms with Gasteiger partial charge in [0, 0.05) is 30.9 Å². The van der Waals surface area contributed by atoms with Crippen molar-refractivity contribution < 1.29 is 37.0 Å². The molecule has 2 aromatic rings. The normalized spacial score (nSPS) is 12.8. The zero-order valence-electron chi connectivity index (χ0n) is 20.2. The largest absolute Gasteiger partial charge is 0.494 e. The summed E-state index contributed by atoms with van der Waals surface area (Å²) in [6, 6.07) is 4.66. The first-order chi connectivity index (χ1) is 16.8. The monoisotopic (exact) mass is 534 g/mol. The van der Waals surface area contributed by atoms with Crippen LogP contribution < -0.4 is 19.9 Å². The molecule has 0 spiro atoms. The lowest BCUT2D eigenvalue weighted by atomic mass is 10.1. The highest BCUT2D eigenvalue weighted by Crippen LogP contribution is 2.43. The van der Waals surface area contributed by atoms with Gasteiger partial charge in [0.25, 0.3) is 0 Å². The fourth-order valence-corrected chi connectivity index (χ4v) is 3.74. The van der Waals surface area contributed by atoms with Crippen molar-refractivity contribution in [2.24, 2.45) is 0 Å². The number of carbonyl (C=O) groups is 2. The molecule has 36 heavy (non-hydrogen) atoms. The number of unbranched alkanes of at least 4 members (excludes halogenated alkanes) is 1. The number of pyridine rings is 1. The predicted molar refractivity (Wildman–Crippen MR) is 129 cm³/mol. The molecule has 0 unspecified atom stereocenters. The number of carbonyl (C=O) groups excluding carboxylic acids is 1. The van der Waals surface area contributed by atoms with Crippen molar-refractivity contribution in [1.82, 2.24) is 4.98 Å². The zero-order valence-corrected chi connectivity index (χ0v) is 20.9. The van der Waals surface area contributed by atoms with Crippen molar-refractivity contribution in [1.29, 1.82) is 0 Å². The number of nitrogens with one attached hydrogen (secondary N) is 1. The molecule has 0 bridgehead atoms. The molecule has 0 saturated carbocycles. The van der Waals surface area contributed by atoms with Crippen molar-refractivity contribution in [2.45, 2.75) is 39.8 Å². The summed E-state index contributed by atoms with van der Waals surface area (Å²) in [5.41, 5.74) is 2.71. The number of benzene rings is 1. The van der Waals surface area contributed by atoms with Crippen molar-refractivity contribution in [3.8, 4) is 5.75 Å². The third-order valence-corrected chi connectivity index (χ3v) is 5.49. The summed E-state index contributed by atoms with van der Waals surface area (Å²) in [5.74, 6) is -2.91. The number of halogens is 5. The minimum absolute atomic E-state index is 0.00450. The number of ether oxygens (including phenoxy) is 1. The van der Waals surface area contributed by atoms with Crippen LogP contribution >= 0.6 is 11.6 Å². The van der Waals surface area contributed by atoms with Crippen LogP contribution in [0.25, 0.3) is 0 Å². The Morgan fingerprint density at radius 2 is 1.94 bits per heavy atom. The van der Waals surface area contributed by atoms with Crippen LogP contribution in [0.2, 0.25) is 5.02 Å². The maximum atomic E-state index is 14.4. The van der Waals surface area contributed by atoms with Crippen molar-refractivity contribution in [2.75, 3.05) is 41.9 Å². The maximum Gasteiger partial charge on any atom is 0.490 e. The Morgan fingerprint density at radius 3 is 2.47 bits per heavy atom. The molecule has 198 valence electrons. The first-order valence-corrected chi connectivity index (χ1v) is 11.4. The van der Waals surface area contributed by atoms with E-state index >= 15 is 0 Å². The molecule has 1 aliphatic heterocycles.